The van der Waals surface area contributed by atoms with Crippen LogP contribution >= 0.6 is 11.3 Å². The second-order valence-corrected chi connectivity index (χ2v) is 9.53. The van der Waals surface area contributed by atoms with Crippen LogP contribution in [0.3, 0.4) is 0 Å². The van der Waals surface area contributed by atoms with Gasteiger partial charge in [-0.3, -0.25) is 9.69 Å². The highest BCUT2D eigenvalue weighted by Crippen LogP contribution is 2.28. The zero-order valence-corrected chi connectivity index (χ0v) is 22.5. The number of thiazole rings is 1. The lowest BCUT2D eigenvalue weighted by Gasteiger charge is -2.22. The molecule has 0 radical (unpaired) electrons. The standard InChI is InChI=1S/C28H37N3O4S/c1-5-6-7-15-29-28(32)24-20-36-27(30-24)19-31(18-22-8-11-23(33-2)12-9-22)16-14-21-10-13-25(34-3)26(17-21)35-4/h8-13,17,20H,5-7,14-16,18-19H2,1-4H3,(H,29,32). The second-order valence-electron chi connectivity index (χ2n) is 8.59. The minimum atomic E-state index is -0.0966. The number of ether oxygens (including phenoxy) is 3. The van der Waals surface area contributed by atoms with Crippen molar-refractivity contribution < 1.29 is 19.0 Å². The van der Waals surface area contributed by atoms with E-state index in [9.17, 15) is 4.79 Å². The van der Waals surface area contributed by atoms with E-state index in [1.807, 2.05) is 29.6 Å². The Kier molecular flexibility index (Phi) is 11.0. The second kappa shape index (κ2) is 14.5. The van der Waals surface area contributed by atoms with Crippen molar-refractivity contribution in [1.82, 2.24) is 15.2 Å². The molecular weight excluding hydrogens is 474 g/mol. The highest BCUT2D eigenvalue weighted by Gasteiger charge is 2.15. The molecule has 1 aromatic heterocycles. The van der Waals surface area contributed by atoms with Gasteiger partial charge in [-0.1, -0.05) is 38.0 Å². The fraction of sp³-hybridized carbons (Fsp3) is 0.429. The third kappa shape index (κ3) is 8.24. The Morgan fingerprint density at radius 3 is 2.39 bits per heavy atom. The van der Waals surface area contributed by atoms with E-state index < -0.39 is 0 Å². The van der Waals surface area contributed by atoms with E-state index in [0.29, 0.717) is 18.8 Å². The zero-order chi connectivity index (χ0) is 25.8. The van der Waals surface area contributed by atoms with E-state index in [-0.39, 0.29) is 5.91 Å². The number of rotatable bonds is 15. The molecule has 0 saturated heterocycles. The number of unbranched alkanes of at least 4 members (excludes halogenated alkanes) is 2. The average Bonchev–Trinajstić information content (AvgIpc) is 3.38. The summed E-state index contributed by atoms with van der Waals surface area (Å²) in [6.45, 7) is 5.08. The van der Waals surface area contributed by atoms with Crippen LogP contribution in [0.2, 0.25) is 0 Å². The molecule has 0 unspecified atom stereocenters. The van der Waals surface area contributed by atoms with Crippen LogP contribution in [0.5, 0.6) is 17.2 Å². The molecule has 36 heavy (non-hydrogen) atoms. The van der Waals surface area contributed by atoms with Crippen molar-refractivity contribution in [2.24, 2.45) is 0 Å². The van der Waals surface area contributed by atoms with Gasteiger partial charge in [0, 0.05) is 25.0 Å². The predicted octanol–water partition coefficient (Wildman–Crippen LogP) is 5.33. The number of nitrogens with zero attached hydrogens (tertiary/aromatic N) is 2. The Hall–Kier alpha value is -3.10. The molecule has 0 fully saturated rings. The molecule has 3 rings (SSSR count). The molecule has 1 N–H and O–H groups in total. The third-order valence-corrected chi connectivity index (χ3v) is 6.77. The highest BCUT2D eigenvalue weighted by atomic mass is 32.1. The molecule has 0 aliphatic carbocycles. The van der Waals surface area contributed by atoms with Crippen LogP contribution in [0.1, 0.15) is 52.8 Å². The van der Waals surface area contributed by atoms with Gasteiger partial charge in [-0.2, -0.15) is 0 Å². The number of nitrogens with one attached hydrogen (secondary N) is 1. The first kappa shape index (κ1) is 27.5. The van der Waals surface area contributed by atoms with Crippen molar-refractivity contribution >= 4 is 17.2 Å². The number of benzene rings is 2. The lowest BCUT2D eigenvalue weighted by atomic mass is 10.1. The van der Waals surface area contributed by atoms with Gasteiger partial charge in [-0.05, 0) is 48.2 Å². The smallest absolute Gasteiger partial charge is 0.270 e. The van der Waals surface area contributed by atoms with Gasteiger partial charge in [-0.25, -0.2) is 4.98 Å². The van der Waals surface area contributed by atoms with Crippen molar-refractivity contribution in [1.29, 1.82) is 0 Å². The normalized spacial score (nSPS) is 10.9. The summed E-state index contributed by atoms with van der Waals surface area (Å²) in [4.78, 5) is 19.4. The minimum Gasteiger partial charge on any atom is -0.497 e. The van der Waals surface area contributed by atoms with Gasteiger partial charge in [0.25, 0.3) is 5.91 Å². The Morgan fingerprint density at radius 2 is 1.69 bits per heavy atom. The Morgan fingerprint density at radius 1 is 0.944 bits per heavy atom. The van der Waals surface area contributed by atoms with Crippen molar-refractivity contribution in [3.05, 3.63) is 69.7 Å². The summed E-state index contributed by atoms with van der Waals surface area (Å²) in [5.74, 6) is 2.19. The van der Waals surface area contributed by atoms with Crippen molar-refractivity contribution in [3.63, 3.8) is 0 Å². The molecule has 0 aliphatic rings. The van der Waals surface area contributed by atoms with E-state index >= 15 is 0 Å². The van der Waals surface area contributed by atoms with Crippen LogP contribution in [0.25, 0.3) is 0 Å². The molecule has 8 heteroatoms. The van der Waals surface area contributed by atoms with Crippen LogP contribution in [0.4, 0.5) is 0 Å². The van der Waals surface area contributed by atoms with Crippen molar-refractivity contribution in [2.75, 3.05) is 34.4 Å². The quantitative estimate of drug-likeness (QED) is 0.278. The largest absolute Gasteiger partial charge is 0.497 e. The predicted molar refractivity (Wildman–Crippen MR) is 144 cm³/mol. The Balaban J connectivity index is 1.68. The maximum absolute atomic E-state index is 12.5. The van der Waals surface area contributed by atoms with Gasteiger partial charge in [0.05, 0.1) is 27.9 Å². The number of aromatic nitrogens is 1. The first-order chi connectivity index (χ1) is 17.6. The molecular formula is C28H37N3O4S. The summed E-state index contributed by atoms with van der Waals surface area (Å²) in [5, 5.41) is 5.75. The Bertz CT molecular complexity index is 1080. The first-order valence-corrected chi connectivity index (χ1v) is 13.2. The monoisotopic (exact) mass is 511 g/mol. The zero-order valence-electron chi connectivity index (χ0n) is 21.7. The molecule has 0 saturated carbocycles. The summed E-state index contributed by atoms with van der Waals surface area (Å²) < 4.78 is 16.1. The molecule has 0 bridgehead atoms. The summed E-state index contributed by atoms with van der Waals surface area (Å²) in [6.07, 6.45) is 4.07. The van der Waals surface area contributed by atoms with E-state index in [0.717, 1.165) is 61.0 Å². The fourth-order valence-electron chi connectivity index (χ4n) is 3.87. The summed E-state index contributed by atoms with van der Waals surface area (Å²) in [5.41, 5.74) is 2.85. The maximum atomic E-state index is 12.5. The van der Waals surface area contributed by atoms with Gasteiger partial charge < -0.3 is 19.5 Å². The highest BCUT2D eigenvalue weighted by molar-refractivity contribution is 7.09. The van der Waals surface area contributed by atoms with Gasteiger partial charge in [0.1, 0.15) is 16.5 Å². The molecule has 3 aromatic rings. The van der Waals surface area contributed by atoms with Crippen LogP contribution in [0.15, 0.2) is 47.8 Å². The van der Waals surface area contributed by atoms with Gasteiger partial charge in [0.15, 0.2) is 11.5 Å². The maximum Gasteiger partial charge on any atom is 0.270 e. The average molecular weight is 512 g/mol. The summed E-state index contributed by atoms with van der Waals surface area (Å²) in [6, 6.07) is 14.2. The molecule has 0 spiro atoms. The van der Waals surface area contributed by atoms with Crippen LogP contribution < -0.4 is 19.5 Å². The van der Waals surface area contributed by atoms with E-state index in [1.54, 1.807) is 21.3 Å². The SMILES string of the molecule is CCCCCNC(=O)c1csc(CN(CCc2ccc(OC)c(OC)c2)Cc2ccc(OC)cc2)n1. The molecule has 2 aromatic carbocycles. The molecule has 1 amide bonds. The van der Waals surface area contributed by atoms with E-state index in [1.165, 1.54) is 22.5 Å². The minimum absolute atomic E-state index is 0.0966. The topological polar surface area (TPSA) is 72.9 Å². The summed E-state index contributed by atoms with van der Waals surface area (Å²) in [7, 11) is 4.96. The number of carbonyl (C=O) groups excluding carboxylic acids is 1. The van der Waals surface area contributed by atoms with Crippen LogP contribution in [-0.4, -0.2) is 50.2 Å². The third-order valence-electron chi connectivity index (χ3n) is 5.94. The number of hydrogen-bond acceptors (Lipinski definition) is 7. The molecule has 7 nitrogen and oxygen atoms in total. The fourth-order valence-corrected chi connectivity index (χ4v) is 4.69. The van der Waals surface area contributed by atoms with Crippen LogP contribution in [-0.2, 0) is 19.5 Å². The number of hydrogen-bond donors (Lipinski definition) is 1. The summed E-state index contributed by atoms with van der Waals surface area (Å²) >= 11 is 1.53. The molecule has 1 heterocycles. The van der Waals surface area contributed by atoms with Gasteiger partial charge in [0.2, 0.25) is 0 Å². The lowest BCUT2D eigenvalue weighted by Crippen LogP contribution is -2.26. The van der Waals surface area contributed by atoms with Crippen molar-refractivity contribution in [2.45, 2.75) is 45.7 Å². The lowest BCUT2D eigenvalue weighted by molar-refractivity contribution is 0.0948. The van der Waals surface area contributed by atoms with Crippen LogP contribution in [0, 0.1) is 0 Å². The molecule has 0 atom stereocenters. The van der Waals surface area contributed by atoms with E-state index in [4.69, 9.17) is 14.2 Å². The number of amides is 1. The molecule has 194 valence electrons. The van der Waals surface area contributed by atoms with Gasteiger partial charge >= 0.3 is 0 Å². The Labute approximate surface area is 218 Å². The van der Waals surface area contributed by atoms with E-state index in [2.05, 4.69) is 40.3 Å². The van der Waals surface area contributed by atoms with Gasteiger partial charge in [-0.15, -0.1) is 11.3 Å². The first-order valence-electron chi connectivity index (χ1n) is 12.3. The number of carbonyl (C=O) groups is 1. The molecule has 0 aliphatic heterocycles. The van der Waals surface area contributed by atoms with Crippen molar-refractivity contribution in [3.8, 4) is 17.2 Å². The number of methoxy groups -OCH3 is 3.